The molecule has 0 saturated heterocycles. The molecule has 1 fully saturated rings. The lowest BCUT2D eigenvalue weighted by Crippen LogP contribution is -2.04. The number of carboxylic acids is 1. The van der Waals surface area contributed by atoms with E-state index in [0.29, 0.717) is 52.7 Å². The van der Waals surface area contributed by atoms with Crippen LogP contribution < -0.4 is 9.47 Å². The van der Waals surface area contributed by atoms with Crippen molar-refractivity contribution < 1.29 is 23.9 Å². The predicted molar refractivity (Wildman–Crippen MR) is 131 cm³/mol. The van der Waals surface area contributed by atoms with Crippen molar-refractivity contribution in [3.63, 3.8) is 0 Å². The molecule has 1 aliphatic heterocycles. The molecular formula is C27H22ClN3O5. The zero-order valence-corrected chi connectivity index (χ0v) is 20.2. The SMILES string of the molecule is Cc1cccc(Cl)c1-c1noc(C2CC2)c1COc1cnc2c(n1)CCc1ccc(C(=O)O)cc1O2. The highest BCUT2D eigenvalue weighted by Gasteiger charge is 2.33. The third-order valence-electron chi connectivity index (χ3n) is 6.53. The number of carboxylic acid groups (broad SMARTS) is 1. The fraction of sp³-hybridized carbons (Fsp3) is 0.259. The van der Waals surface area contributed by atoms with Crippen molar-refractivity contribution in [1.82, 2.24) is 15.1 Å². The summed E-state index contributed by atoms with van der Waals surface area (Å²) >= 11 is 6.53. The first-order valence-electron chi connectivity index (χ1n) is 11.7. The zero-order valence-electron chi connectivity index (χ0n) is 19.5. The fourth-order valence-electron chi connectivity index (χ4n) is 4.46. The van der Waals surface area contributed by atoms with Crippen LogP contribution in [0.2, 0.25) is 5.02 Å². The number of aromatic nitrogens is 3. The molecule has 182 valence electrons. The van der Waals surface area contributed by atoms with E-state index in [1.165, 1.54) is 12.3 Å². The topological polar surface area (TPSA) is 108 Å². The lowest BCUT2D eigenvalue weighted by molar-refractivity contribution is 0.0696. The molecule has 0 radical (unpaired) electrons. The van der Waals surface area contributed by atoms with E-state index in [0.717, 1.165) is 40.9 Å². The van der Waals surface area contributed by atoms with Gasteiger partial charge in [-0.1, -0.05) is 35.0 Å². The first kappa shape index (κ1) is 22.5. The van der Waals surface area contributed by atoms with Crippen LogP contribution in [-0.4, -0.2) is 26.2 Å². The minimum atomic E-state index is -1.01. The van der Waals surface area contributed by atoms with Crippen LogP contribution in [0.3, 0.4) is 0 Å². The number of hydrogen-bond donors (Lipinski definition) is 1. The Kier molecular flexibility index (Phi) is 5.60. The summed E-state index contributed by atoms with van der Waals surface area (Å²) < 4.78 is 17.8. The van der Waals surface area contributed by atoms with Gasteiger partial charge in [0.05, 0.1) is 22.3 Å². The monoisotopic (exact) mass is 503 g/mol. The van der Waals surface area contributed by atoms with Gasteiger partial charge in [-0.05, 0) is 61.9 Å². The molecule has 0 unspecified atom stereocenters. The van der Waals surface area contributed by atoms with Crippen LogP contribution in [-0.2, 0) is 19.4 Å². The highest BCUT2D eigenvalue weighted by molar-refractivity contribution is 6.33. The summed E-state index contributed by atoms with van der Waals surface area (Å²) in [6.45, 7) is 2.21. The first-order valence-corrected chi connectivity index (χ1v) is 12.1. The van der Waals surface area contributed by atoms with Gasteiger partial charge >= 0.3 is 5.97 Å². The lowest BCUT2D eigenvalue weighted by atomic mass is 10.0. The van der Waals surface area contributed by atoms with E-state index >= 15 is 0 Å². The summed E-state index contributed by atoms with van der Waals surface area (Å²) in [6.07, 6.45) is 4.86. The molecule has 3 heterocycles. The van der Waals surface area contributed by atoms with Gasteiger partial charge in [0.15, 0.2) is 0 Å². The fourth-order valence-corrected chi connectivity index (χ4v) is 4.78. The van der Waals surface area contributed by atoms with Gasteiger partial charge in [-0.2, -0.15) is 0 Å². The van der Waals surface area contributed by atoms with Crippen LogP contribution in [0.4, 0.5) is 0 Å². The van der Waals surface area contributed by atoms with Crippen molar-refractivity contribution in [1.29, 1.82) is 0 Å². The molecule has 1 saturated carbocycles. The second kappa shape index (κ2) is 8.95. The molecule has 8 nitrogen and oxygen atoms in total. The molecule has 0 spiro atoms. The van der Waals surface area contributed by atoms with Crippen LogP contribution in [0.1, 0.15) is 57.3 Å². The molecule has 9 heteroatoms. The standard InChI is InChI=1S/C27H22ClN3O5/c1-14-3-2-4-19(28)23(14)24-18(25(36-31-24)16-6-7-16)13-34-22-12-29-26-20(30-22)10-9-15-5-8-17(27(32)33)11-21(15)35-26/h2-5,8,11-12,16H,6-7,9-10,13H2,1H3,(H,32,33). The van der Waals surface area contributed by atoms with Gasteiger partial charge in [-0.15, -0.1) is 0 Å². The van der Waals surface area contributed by atoms with Crippen molar-refractivity contribution >= 4 is 17.6 Å². The van der Waals surface area contributed by atoms with Crippen molar-refractivity contribution in [2.45, 2.75) is 45.1 Å². The number of benzene rings is 2. The average Bonchev–Trinajstić information content (AvgIpc) is 3.65. The second-order valence-corrected chi connectivity index (χ2v) is 9.47. The number of halogens is 1. The molecule has 2 aromatic heterocycles. The lowest BCUT2D eigenvalue weighted by Gasteiger charge is -2.11. The molecule has 0 atom stereocenters. The molecular weight excluding hydrogens is 482 g/mol. The van der Waals surface area contributed by atoms with Gasteiger partial charge < -0.3 is 19.1 Å². The van der Waals surface area contributed by atoms with Crippen molar-refractivity contribution in [3.05, 3.63) is 81.3 Å². The van der Waals surface area contributed by atoms with E-state index < -0.39 is 5.97 Å². The maximum absolute atomic E-state index is 11.3. The quantitative estimate of drug-likeness (QED) is 0.334. The van der Waals surface area contributed by atoms with Gasteiger partial charge in [0, 0.05) is 11.5 Å². The highest BCUT2D eigenvalue weighted by Crippen LogP contribution is 2.45. The van der Waals surface area contributed by atoms with E-state index in [1.807, 2.05) is 25.1 Å². The summed E-state index contributed by atoms with van der Waals surface area (Å²) in [4.78, 5) is 20.4. The van der Waals surface area contributed by atoms with Crippen LogP contribution in [0.5, 0.6) is 17.5 Å². The smallest absolute Gasteiger partial charge is 0.335 e. The largest absolute Gasteiger partial charge is 0.478 e. The van der Waals surface area contributed by atoms with Gasteiger partial charge in [-0.25, -0.2) is 14.8 Å². The minimum Gasteiger partial charge on any atom is -0.478 e. The molecule has 2 aromatic carbocycles. The molecule has 6 rings (SSSR count). The first-order chi connectivity index (χ1) is 17.5. The van der Waals surface area contributed by atoms with Crippen LogP contribution in [0, 0.1) is 6.92 Å². The maximum Gasteiger partial charge on any atom is 0.335 e. The summed E-state index contributed by atoms with van der Waals surface area (Å²) in [6, 6.07) is 10.6. The van der Waals surface area contributed by atoms with Crippen LogP contribution in [0.25, 0.3) is 11.3 Å². The van der Waals surface area contributed by atoms with E-state index in [1.54, 1.807) is 12.1 Å². The Labute approximate surface area is 211 Å². The molecule has 0 amide bonds. The highest BCUT2D eigenvalue weighted by atomic mass is 35.5. The predicted octanol–water partition coefficient (Wildman–Crippen LogP) is 6.14. The number of nitrogens with zero attached hydrogens (tertiary/aromatic N) is 3. The summed E-state index contributed by atoms with van der Waals surface area (Å²) in [5.41, 5.74) is 5.12. The number of ether oxygens (including phenoxy) is 2. The number of aromatic carboxylic acids is 1. The number of rotatable bonds is 6. The Morgan fingerprint density at radius 3 is 2.86 bits per heavy atom. The third-order valence-corrected chi connectivity index (χ3v) is 6.84. The Morgan fingerprint density at radius 1 is 1.22 bits per heavy atom. The third kappa shape index (κ3) is 4.18. The molecule has 4 aromatic rings. The maximum atomic E-state index is 11.3. The van der Waals surface area contributed by atoms with Gasteiger partial charge in [0.1, 0.15) is 29.5 Å². The normalized spacial score (nSPS) is 14.4. The van der Waals surface area contributed by atoms with Crippen molar-refractivity contribution in [2.75, 3.05) is 0 Å². The van der Waals surface area contributed by atoms with Gasteiger partial charge in [0.25, 0.3) is 0 Å². The van der Waals surface area contributed by atoms with E-state index in [9.17, 15) is 9.90 Å². The van der Waals surface area contributed by atoms with Gasteiger partial charge in [-0.3, -0.25) is 0 Å². The summed E-state index contributed by atoms with van der Waals surface area (Å²) in [5.74, 6) is 1.36. The summed E-state index contributed by atoms with van der Waals surface area (Å²) in [5, 5.41) is 14.3. The average molecular weight is 504 g/mol. The van der Waals surface area contributed by atoms with E-state index in [-0.39, 0.29) is 12.2 Å². The van der Waals surface area contributed by atoms with Gasteiger partial charge in [0.2, 0.25) is 11.8 Å². The van der Waals surface area contributed by atoms with E-state index in [4.69, 9.17) is 25.6 Å². The summed E-state index contributed by atoms with van der Waals surface area (Å²) in [7, 11) is 0. The molecule has 36 heavy (non-hydrogen) atoms. The number of carbonyl (C=O) groups is 1. The van der Waals surface area contributed by atoms with E-state index in [2.05, 4.69) is 15.1 Å². The Morgan fingerprint density at radius 2 is 2.08 bits per heavy atom. The Balaban J connectivity index is 1.27. The van der Waals surface area contributed by atoms with Crippen molar-refractivity contribution in [2.24, 2.45) is 0 Å². The van der Waals surface area contributed by atoms with Crippen LogP contribution >= 0.6 is 11.6 Å². The second-order valence-electron chi connectivity index (χ2n) is 9.06. The number of hydrogen-bond acceptors (Lipinski definition) is 7. The minimum absolute atomic E-state index is 0.162. The molecule has 1 aliphatic carbocycles. The Hall–Kier alpha value is -3.91. The number of aryl methyl sites for hydroxylation is 3. The van der Waals surface area contributed by atoms with Crippen molar-refractivity contribution in [3.8, 4) is 28.8 Å². The number of fused-ring (bicyclic) bond motifs is 2. The zero-order chi connectivity index (χ0) is 24.8. The Bertz CT molecular complexity index is 1470. The molecule has 0 bridgehead atoms. The molecule has 2 aliphatic rings. The van der Waals surface area contributed by atoms with Crippen LogP contribution in [0.15, 0.2) is 47.1 Å². The molecule has 1 N–H and O–H groups in total.